The summed E-state index contributed by atoms with van der Waals surface area (Å²) in [6.45, 7) is 0. The smallest absolute Gasteiger partial charge is 0.0975 e. The van der Waals surface area contributed by atoms with Gasteiger partial charge < -0.3 is 5.73 Å². The molecule has 3 N–H and O–H groups in total. The lowest BCUT2D eigenvalue weighted by Crippen LogP contribution is -2.12. The van der Waals surface area contributed by atoms with E-state index in [1.165, 1.54) is 0 Å². The Kier molecular flexibility index (Phi) is 2.68. The first-order valence-corrected chi connectivity index (χ1v) is 4.92. The van der Waals surface area contributed by atoms with Crippen LogP contribution in [0.25, 0.3) is 11.3 Å². The van der Waals surface area contributed by atoms with E-state index in [2.05, 4.69) is 10.1 Å². The Morgan fingerprint density at radius 3 is 3.00 bits per heavy atom. The lowest BCUT2D eigenvalue weighted by atomic mass is 10.1. The minimum absolute atomic E-state index is 0.137. The van der Waals surface area contributed by atoms with Crippen molar-refractivity contribution >= 4 is 5.84 Å². The summed E-state index contributed by atoms with van der Waals surface area (Å²) in [6.07, 6.45) is 5.77. The third-order valence-corrected chi connectivity index (χ3v) is 2.22. The normalized spacial score (nSPS) is 10.3. The molecule has 2 heterocycles. The third kappa shape index (κ3) is 2.08. The second-order valence-corrected chi connectivity index (χ2v) is 3.62. The first kappa shape index (κ1) is 10.4. The van der Waals surface area contributed by atoms with E-state index in [4.69, 9.17) is 11.1 Å². The van der Waals surface area contributed by atoms with Crippen molar-refractivity contribution in [3.8, 4) is 11.3 Å². The van der Waals surface area contributed by atoms with Crippen LogP contribution < -0.4 is 5.73 Å². The molecule has 0 aliphatic carbocycles. The summed E-state index contributed by atoms with van der Waals surface area (Å²) in [6, 6.07) is 3.81. The molecule has 5 heteroatoms. The fourth-order valence-corrected chi connectivity index (χ4v) is 1.62. The van der Waals surface area contributed by atoms with Crippen LogP contribution >= 0.6 is 0 Å². The lowest BCUT2D eigenvalue weighted by Gasteiger charge is -2.00. The zero-order valence-corrected chi connectivity index (χ0v) is 9.01. The predicted octanol–water partition coefficient (Wildman–Crippen LogP) is 0.961. The first-order chi connectivity index (χ1) is 7.66. The molecule has 0 fully saturated rings. The molecule has 0 aliphatic rings. The average Bonchev–Trinajstić information content (AvgIpc) is 2.60. The van der Waals surface area contributed by atoms with E-state index < -0.39 is 0 Å². The van der Waals surface area contributed by atoms with Crippen LogP contribution in [0.2, 0.25) is 0 Å². The highest BCUT2D eigenvalue weighted by atomic mass is 15.3. The monoisotopic (exact) mass is 215 g/mol. The molecule has 16 heavy (non-hydrogen) atoms. The molecule has 2 aromatic heterocycles. The summed E-state index contributed by atoms with van der Waals surface area (Å²) in [4.78, 5) is 4.06. The van der Waals surface area contributed by atoms with Gasteiger partial charge in [-0.25, -0.2) is 0 Å². The Morgan fingerprint density at radius 2 is 2.38 bits per heavy atom. The van der Waals surface area contributed by atoms with Gasteiger partial charge in [-0.1, -0.05) is 0 Å². The number of amidine groups is 1. The molecule has 0 bridgehead atoms. The fourth-order valence-electron chi connectivity index (χ4n) is 1.62. The number of nitrogens with zero attached hydrogens (tertiary/aromatic N) is 3. The van der Waals surface area contributed by atoms with E-state index in [1.54, 1.807) is 17.1 Å². The van der Waals surface area contributed by atoms with E-state index in [0.717, 1.165) is 16.8 Å². The minimum Gasteiger partial charge on any atom is -0.387 e. The van der Waals surface area contributed by atoms with Gasteiger partial charge in [0.1, 0.15) is 0 Å². The Balaban J connectivity index is 2.44. The number of aryl methyl sites for hydroxylation is 1. The van der Waals surface area contributed by atoms with Gasteiger partial charge in [-0.05, 0) is 12.1 Å². The maximum Gasteiger partial charge on any atom is 0.0975 e. The standard InChI is InChI=1S/C11H13N5/c1-16-7-9(5-10(12)13)11(15-16)8-3-2-4-14-6-8/h2-4,6-7H,5H2,1H3,(H3,12,13). The number of nitrogens with one attached hydrogen (secondary N) is 1. The van der Waals surface area contributed by atoms with Crippen molar-refractivity contribution < 1.29 is 0 Å². The average molecular weight is 215 g/mol. The van der Waals surface area contributed by atoms with Gasteiger partial charge >= 0.3 is 0 Å². The molecule has 0 radical (unpaired) electrons. The van der Waals surface area contributed by atoms with Crippen molar-refractivity contribution in [1.29, 1.82) is 5.41 Å². The fraction of sp³-hybridized carbons (Fsp3) is 0.182. The summed E-state index contributed by atoms with van der Waals surface area (Å²) in [5.74, 6) is 0.137. The SMILES string of the molecule is Cn1cc(CC(=N)N)c(-c2cccnc2)n1. The van der Waals surface area contributed by atoms with Gasteiger partial charge in [0, 0.05) is 43.2 Å². The Labute approximate surface area is 93.4 Å². The molecule has 82 valence electrons. The van der Waals surface area contributed by atoms with Gasteiger partial charge in [0.15, 0.2) is 0 Å². The van der Waals surface area contributed by atoms with Crippen molar-refractivity contribution in [3.05, 3.63) is 36.3 Å². The van der Waals surface area contributed by atoms with Crippen molar-refractivity contribution in [3.63, 3.8) is 0 Å². The molecule has 0 spiro atoms. The summed E-state index contributed by atoms with van der Waals surface area (Å²) in [5.41, 5.74) is 8.14. The Bertz CT molecular complexity index is 500. The summed E-state index contributed by atoms with van der Waals surface area (Å²) < 4.78 is 1.72. The number of hydrogen-bond acceptors (Lipinski definition) is 3. The van der Waals surface area contributed by atoms with Crippen LogP contribution in [0.15, 0.2) is 30.7 Å². The van der Waals surface area contributed by atoms with Gasteiger partial charge in [0.2, 0.25) is 0 Å². The van der Waals surface area contributed by atoms with Crippen LogP contribution in [0.3, 0.4) is 0 Å². The van der Waals surface area contributed by atoms with Gasteiger partial charge in [-0.3, -0.25) is 15.1 Å². The largest absolute Gasteiger partial charge is 0.387 e. The maximum absolute atomic E-state index is 7.33. The number of nitrogens with two attached hydrogens (primary N) is 1. The topological polar surface area (TPSA) is 80.6 Å². The highest BCUT2D eigenvalue weighted by Gasteiger charge is 2.10. The molecular weight excluding hydrogens is 202 g/mol. The summed E-state index contributed by atoms with van der Waals surface area (Å²) in [7, 11) is 1.85. The molecule has 0 aromatic carbocycles. The van der Waals surface area contributed by atoms with Crippen LogP contribution in [-0.4, -0.2) is 20.6 Å². The second kappa shape index (κ2) is 4.14. The Hall–Kier alpha value is -2.17. The number of aromatic nitrogens is 3. The molecule has 0 amide bonds. The highest BCUT2D eigenvalue weighted by Crippen LogP contribution is 2.20. The third-order valence-electron chi connectivity index (χ3n) is 2.22. The second-order valence-electron chi connectivity index (χ2n) is 3.62. The van der Waals surface area contributed by atoms with Gasteiger partial charge in [0.25, 0.3) is 0 Å². The van der Waals surface area contributed by atoms with E-state index in [-0.39, 0.29) is 5.84 Å². The molecule has 0 atom stereocenters. The van der Waals surface area contributed by atoms with Crippen LogP contribution in [0.1, 0.15) is 5.56 Å². The Morgan fingerprint density at radius 1 is 1.56 bits per heavy atom. The molecule has 5 nitrogen and oxygen atoms in total. The number of pyridine rings is 1. The zero-order chi connectivity index (χ0) is 11.5. The molecule has 0 saturated carbocycles. The molecule has 2 aromatic rings. The van der Waals surface area contributed by atoms with Crippen LogP contribution in [0.5, 0.6) is 0 Å². The van der Waals surface area contributed by atoms with E-state index in [9.17, 15) is 0 Å². The van der Waals surface area contributed by atoms with Crippen LogP contribution in [0.4, 0.5) is 0 Å². The highest BCUT2D eigenvalue weighted by molar-refractivity contribution is 5.81. The van der Waals surface area contributed by atoms with Crippen LogP contribution in [0, 0.1) is 5.41 Å². The van der Waals surface area contributed by atoms with Crippen molar-refractivity contribution in [2.75, 3.05) is 0 Å². The molecular formula is C11H13N5. The molecule has 2 rings (SSSR count). The molecule has 0 unspecified atom stereocenters. The minimum atomic E-state index is 0.137. The lowest BCUT2D eigenvalue weighted by molar-refractivity contribution is 0.770. The van der Waals surface area contributed by atoms with Gasteiger partial charge in [-0.2, -0.15) is 5.10 Å². The van der Waals surface area contributed by atoms with E-state index in [1.807, 2.05) is 25.4 Å². The van der Waals surface area contributed by atoms with Gasteiger partial charge in [0.05, 0.1) is 11.5 Å². The van der Waals surface area contributed by atoms with Crippen molar-refractivity contribution in [2.24, 2.45) is 12.8 Å². The van der Waals surface area contributed by atoms with E-state index >= 15 is 0 Å². The first-order valence-electron chi connectivity index (χ1n) is 4.92. The maximum atomic E-state index is 7.33. The van der Waals surface area contributed by atoms with E-state index in [0.29, 0.717) is 6.42 Å². The molecule has 0 aliphatic heterocycles. The van der Waals surface area contributed by atoms with Gasteiger partial charge in [-0.15, -0.1) is 0 Å². The summed E-state index contributed by atoms with van der Waals surface area (Å²) >= 11 is 0. The van der Waals surface area contributed by atoms with Crippen molar-refractivity contribution in [2.45, 2.75) is 6.42 Å². The number of hydrogen-bond donors (Lipinski definition) is 2. The molecule has 0 saturated heterocycles. The predicted molar refractivity (Wildman–Crippen MR) is 62.1 cm³/mol. The van der Waals surface area contributed by atoms with Crippen LogP contribution in [-0.2, 0) is 13.5 Å². The quantitative estimate of drug-likeness (QED) is 0.591. The zero-order valence-electron chi connectivity index (χ0n) is 9.01. The number of rotatable bonds is 3. The van der Waals surface area contributed by atoms with Crippen molar-refractivity contribution in [1.82, 2.24) is 14.8 Å². The summed E-state index contributed by atoms with van der Waals surface area (Å²) in [5, 5.41) is 11.7.